The molecule has 2 aromatic carbocycles. The Morgan fingerprint density at radius 3 is 2.50 bits per heavy atom. The maximum absolute atomic E-state index is 13.9. The molecule has 3 amide bonds. The lowest BCUT2D eigenvalue weighted by molar-refractivity contribution is -0.135. The van der Waals surface area contributed by atoms with Crippen LogP contribution in [0.1, 0.15) is 62.6 Å². The predicted octanol–water partition coefficient (Wildman–Crippen LogP) is 5.66. The largest absolute Gasteiger partial charge is 0.496 e. The van der Waals surface area contributed by atoms with Gasteiger partial charge in [-0.2, -0.15) is 5.26 Å². The first kappa shape index (κ1) is 34.0. The smallest absolute Gasteiger partial charge is 0.252 e. The summed E-state index contributed by atoms with van der Waals surface area (Å²) in [5, 5.41) is 11.4. The van der Waals surface area contributed by atoms with E-state index in [9.17, 15) is 27.6 Å². The summed E-state index contributed by atoms with van der Waals surface area (Å²) in [5.41, 5.74) is 0.549. The zero-order chi connectivity index (χ0) is 33.5. The van der Waals surface area contributed by atoms with Crippen molar-refractivity contribution in [1.29, 1.82) is 5.26 Å². The van der Waals surface area contributed by atoms with Crippen molar-refractivity contribution in [3.63, 3.8) is 0 Å². The number of ether oxygens (including phenoxy) is 1. The van der Waals surface area contributed by atoms with Crippen molar-refractivity contribution in [2.75, 3.05) is 23.5 Å². The number of aromatic nitrogens is 1. The number of carbonyl (C=O) groups is 3. The van der Waals surface area contributed by atoms with Gasteiger partial charge in [0.1, 0.15) is 17.4 Å². The van der Waals surface area contributed by atoms with Gasteiger partial charge in [0, 0.05) is 49.3 Å². The summed E-state index contributed by atoms with van der Waals surface area (Å²) >= 11 is 0. The molecule has 2 heterocycles. The van der Waals surface area contributed by atoms with Crippen LogP contribution in [-0.2, 0) is 26.3 Å². The van der Waals surface area contributed by atoms with Crippen LogP contribution in [0, 0.1) is 17.1 Å². The molecule has 9 nitrogen and oxygen atoms in total. The molecule has 3 aliphatic rings. The van der Waals surface area contributed by atoms with Crippen LogP contribution in [0.2, 0.25) is 0 Å². The average Bonchev–Trinajstić information content (AvgIpc) is 3.66. The van der Waals surface area contributed by atoms with Gasteiger partial charge in [0.05, 0.1) is 18.7 Å². The minimum absolute atomic E-state index is 0.0904. The summed E-state index contributed by atoms with van der Waals surface area (Å²) < 4.78 is 45.9. The number of carbonyl (C=O) groups excluding carboxylic acids is 3. The van der Waals surface area contributed by atoms with Crippen LogP contribution in [0.3, 0.4) is 0 Å². The molecule has 0 unspecified atom stereocenters. The molecule has 0 radical (unpaired) electrons. The number of anilines is 2. The first-order chi connectivity index (χ1) is 22.1. The minimum Gasteiger partial charge on any atom is -0.496 e. The zero-order valence-corrected chi connectivity index (χ0v) is 25.9. The molecule has 1 atom stereocenters. The number of hydrogen-bond acceptors (Lipinski definition) is 6. The van der Waals surface area contributed by atoms with Crippen LogP contribution in [0.25, 0.3) is 0 Å². The minimum atomic E-state index is -2.80. The standard InChI is InChI=1S/C22H21F3N2O3.C10H9N3O.C2H6/c1-30-19-7-3-6-18-17(19)8-9-22(18,20(29)26-15-11-21(24,25)12-15)27(13-28)16-5-2-4-14(23)10-16;11-7-8-3-4-12-9(6-8)13-5-1-2-10(13)14;1-2/h2-7,10,13,15H,8-9,11-12H2,1H3,(H,26,29);3-4,6H,1-2,5H2;1-2H3/t22-;;/m1../s1. The highest BCUT2D eigenvalue weighted by Gasteiger charge is 2.54. The van der Waals surface area contributed by atoms with Crippen molar-refractivity contribution in [3.05, 3.63) is 83.3 Å². The molecule has 1 saturated heterocycles. The molecular formula is C34H36F3N5O4. The van der Waals surface area contributed by atoms with E-state index in [-0.39, 0.29) is 18.0 Å². The third kappa shape index (κ3) is 6.83. The Morgan fingerprint density at radius 2 is 1.89 bits per heavy atom. The molecule has 242 valence electrons. The molecule has 1 aromatic heterocycles. The van der Waals surface area contributed by atoms with E-state index < -0.39 is 42.1 Å². The lowest BCUT2D eigenvalue weighted by Gasteiger charge is -2.42. The highest BCUT2D eigenvalue weighted by molar-refractivity contribution is 5.99. The topological polar surface area (TPSA) is 116 Å². The van der Waals surface area contributed by atoms with Crippen molar-refractivity contribution in [2.24, 2.45) is 0 Å². The van der Waals surface area contributed by atoms with Crippen LogP contribution in [0.15, 0.2) is 60.8 Å². The number of benzene rings is 2. The van der Waals surface area contributed by atoms with E-state index in [1.165, 1.54) is 36.3 Å². The van der Waals surface area contributed by atoms with E-state index in [1.807, 2.05) is 19.9 Å². The number of nitriles is 1. The summed E-state index contributed by atoms with van der Waals surface area (Å²) in [6, 6.07) is 15.2. The first-order valence-electron chi connectivity index (χ1n) is 15.1. The van der Waals surface area contributed by atoms with Gasteiger partial charge < -0.3 is 10.1 Å². The number of nitrogens with zero attached hydrogens (tertiary/aromatic N) is 4. The summed E-state index contributed by atoms with van der Waals surface area (Å²) in [5.74, 6) is -2.67. The van der Waals surface area contributed by atoms with Crippen LogP contribution >= 0.6 is 0 Å². The molecule has 0 bridgehead atoms. The first-order valence-corrected chi connectivity index (χ1v) is 15.1. The Morgan fingerprint density at radius 1 is 1.15 bits per heavy atom. The van der Waals surface area contributed by atoms with E-state index in [0.717, 1.165) is 12.0 Å². The van der Waals surface area contributed by atoms with Gasteiger partial charge in [0.2, 0.25) is 12.3 Å². The van der Waals surface area contributed by atoms with E-state index >= 15 is 0 Å². The zero-order valence-electron chi connectivity index (χ0n) is 25.9. The summed E-state index contributed by atoms with van der Waals surface area (Å²) in [6.45, 7) is 4.71. The van der Waals surface area contributed by atoms with Gasteiger partial charge in [0.25, 0.3) is 11.8 Å². The molecule has 3 aromatic rings. The third-order valence-electron chi connectivity index (χ3n) is 8.16. The lowest BCUT2D eigenvalue weighted by atomic mass is 9.84. The van der Waals surface area contributed by atoms with Crippen LogP contribution in [0.5, 0.6) is 5.75 Å². The van der Waals surface area contributed by atoms with E-state index in [1.54, 1.807) is 41.4 Å². The molecule has 1 N–H and O–H groups in total. The third-order valence-corrected chi connectivity index (χ3v) is 8.16. The van der Waals surface area contributed by atoms with Gasteiger partial charge in [-0.1, -0.05) is 32.0 Å². The second-order valence-electron chi connectivity index (χ2n) is 10.9. The normalized spacial score (nSPS) is 19.2. The van der Waals surface area contributed by atoms with Crippen molar-refractivity contribution < 1.29 is 32.3 Å². The fourth-order valence-corrected chi connectivity index (χ4v) is 6.03. The van der Waals surface area contributed by atoms with Gasteiger partial charge in [-0.15, -0.1) is 0 Å². The van der Waals surface area contributed by atoms with Crippen molar-refractivity contribution in [3.8, 4) is 11.8 Å². The second-order valence-corrected chi connectivity index (χ2v) is 10.9. The second kappa shape index (κ2) is 14.5. The van der Waals surface area contributed by atoms with Crippen molar-refractivity contribution in [2.45, 2.75) is 69.9 Å². The predicted molar refractivity (Wildman–Crippen MR) is 166 cm³/mol. The lowest BCUT2D eigenvalue weighted by Crippen LogP contribution is -2.60. The fraction of sp³-hybridized carbons (Fsp3) is 0.382. The number of nitrogens with one attached hydrogen (secondary N) is 1. The van der Waals surface area contributed by atoms with E-state index in [4.69, 9.17) is 10.00 Å². The summed E-state index contributed by atoms with van der Waals surface area (Å²) in [4.78, 5) is 44.0. The molecule has 0 spiro atoms. The molecule has 1 aliphatic heterocycles. The Labute approximate surface area is 266 Å². The van der Waals surface area contributed by atoms with Gasteiger partial charge in [-0.05, 0) is 61.2 Å². The average molecular weight is 636 g/mol. The number of pyridine rings is 1. The van der Waals surface area contributed by atoms with E-state index in [2.05, 4.69) is 10.3 Å². The quantitative estimate of drug-likeness (QED) is 0.335. The van der Waals surface area contributed by atoms with Gasteiger partial charge >= 0.3 is 0 Å². The van der Waals surface area contributed by atoms with Gasteiger partial charge in [-0.25, -0.2) is 18.2 Å². The molecule has 1 saturated carbocycles. The Hall–Kier alpha value is -4.92. The van der Waals surface area contributed by atoms with Crippen LogP contribution in [-0.4, -0.2) is 48.8 Å². The number of fused-ring (bicyclic) bond motifs is 1. The fourth-order valence-electron chi connectivity index (χ4n) is 6.03. The molecule has 2 aliphatic carbocycles. The van der Waals surface area contributed by atoms with Gasteiger partial charge in [-0.3, -0.25) is 24.2 Å². The number of amides is 3. The molecule has 12 heteroatoms. The monoisotopic (exact) mass is 635 g/mol. The van der Waals surface area contributed by atoms with Crippen LogP contribution in [0.4, 0.5) is 24.7 Å². The van der Waals surface area contributed by atoms with E-state index in [0.29, 0.717) is 48.5 Å². The SMILES string of the molecule is CC.COc1cccc2c1CC[C@@]2(C(=O)NC1CC(F)(F)C1)N(C=O)c1cccc(F)c1.N#Cc1ccnc(N2CCCC2=O)c1. The van der Waals surface area contributed by atoms with Gasteiger partial charge in [0.15, 0.2) is 5.54 Å². The van der Waals surface area contributed by atoms with Crippen molar-refractivity contribution >= 4 is 29.7 Å². The molecule has 2 fully saturated rings. The maximum atomic E-state index is 13.9. The number of rotatable bonds is 7. The number of halogens is 3. The Bertz CT molecular complexity index is 1620. The van der Waals surface area contributed by atoms with Crippen LogP contribution < -0.4 is 19.9 Å². The molecule has 46 heavy (non-hydrogen) atoms. The molecular weight excluding hydrogens is 599 g/mol. The van der Waals surface area contributed by atoms with Crippen molar-refractivity contribution in [1.82, 2.24) is 10.3 Å². The number of alkyl halides is 2. The molecule has 6 rings (SSSR count). The summed E-state index contributed by atoms with van der Waals surface area (Å²) in [7, 11) is 1.51. The number of hydrogen-bond donors (Lipinski definition) is 1. The Balaban J connectivity index is 0.000000250. The number of methoxy groups -OCH3 is 1. The summed E-state index contributed by atoms with van der Waals surface area (Å²) in [6.07, 6.45) is 3.26. The maximum Gasteiger partial charge on any atom is 0.252 e. The Kier molecular flexibility index (Phi) is 10.7. The highest BCUT2D eigenvalue weighted by Crippen LogP contribution is 2.47. The highest BCUT2D eigenvalue weighted by atomic mass is 19.3.